The Bertz CT molecular complexity index is 231. The van der Waals surface area contributed by atoms with Crippen LogP contribution in [0.1, 0.15) is 46.5 Å². The third-order valence-corrected chi connectivity index (χ3v) is 3.00. The van der Waals surface area contributed by atoms with E-state index >= 15 is 0 Å². The van der Waals surface area contributed by atoms with E-state index in [1.165, 1.54) is 0 Å². The molecule has 0 radical (unpaired) electrons. The highest BCUT2D eigenvalue weighted by Crippen LogP contribution is 2.31. The first-order valence-corrected chi connectivity index (χ1v) is 5.66. The predicted octanol–water partition coefficient (Wildman–Crippen LogP) is 2.94. The second kappa shape index (κ2) is 4.19. The van der Waals surface area contributed by atoms with Gasteiger partial charge in [-0.15, -0.1) is 0 Å². The third-order valence-electron chi connectivity index (χ3n) is 2.69. The van der Waals surface area contributed by atoms with Crippen molar-refractivity contribution in [3.63, 3.8) is 0 Å². The molecule has 1 atom stereocenters. The van der Waals surface area contributed by atoms with Gasteiger partial charge in [0.05, 0.1) is 0 Å². The second-order valence-electron chi connectivity index (χ2n) is 5.54. The Hall–Kier alpha value is -0.0800. The Morgan fingerprint density at radius 3 is 2.64 bits per heavy atom. The van der Waals surface area contributed by atoms with Crippen LogP contribution >= 0.6 is 11.6 Å². The van der Waals surface area contributed by atoms with Crippen molar-refractivity contribution < 1.29 is 0 Å². The molecule has 0 saturated carbocycles. The molecule has 1 rings (SSSR count). The highest BCUT2D eigenvalue weighted by atomic mass is 35.5. The van der Waals surface area contributed by atoms with Gasteiger partial charge in [0.2, 0.25) is 0 Å². The van der Waals surface area contributed by atoms with Gasteiger partial charge in [-0.2, -0.15) is 0 Å². The fourth-order valence-corrected chi connectivity index (χ4v) is 2.45. The molecule has 0 amide bonds. The minimum Gasteiger partial charge on any atom is -0.325 e. The Kier molecular flexibility index (Phi) is 3.59. The summed E-state index contributed by atoms with van der Waals surface area (Å²) in [5.74, 6) is 0. The summed E-state index contributed by atoms with van der Waals surface area (Å²) in [4.78, 5) is 4.39. The van der Waals surface area contributed by atoms with Crippen LogP contribution in [0.4, 0.5) is 0 Å². The molecule has 0 spiro atoms. The normalized spacial score (nSPS) is 37.6. The van der Waals surface area contributed by atoms with E-state index in [-0.39, 0.29) is 11.0 Å². The van der Waals surface area contributed by atoms with Gasteiger partial charge < -0.3 is 5.73 Å². The predicted molar refractivity (Wildman–Crippen MR) is 63.0 cm³/mol. The van der Waals surface area contributed by atoms with E-state index in [9.17, 15) is 0 Å². The van der Waals surface area contributed by atoms with Crippen LogP contribution in [0.5, 0.6) is 0 Å². The SMILES string of the molecule is CC1(C)C/N=C(/Cl)CCCC(C)(N)C1. The van der Waals surface area contributed by atoms with Gasteiger partial charge in [-0.1, -0.05) is 25.4 Å². The summed E-state index contributed by atoms with van der Waals surface area (Å²) in [7, 11) is 0. The molecule has 0 bridgehead atoms. The van der Waals surface area contributed by atoms with E-state index in [0.29, 0.717) is 0 Å². The molecule has 0 fully saturated rings. The number of nitrogens with two attached hydrogens (primary N) is 1. The number of nitrogens with zero attached hydrogens (tertiary/aromatic N) is 1. The van der Waals surface area contributed by atoms with Crippen molar-refractivity contribution >= 4 is 16.8 Å². The van der Waals surface area contributed by atoms with Crippen LogP contribution in [0, 0.1) is 5.41 Å². The molecule has 3 heteroatoms. The van der Waals surface area contributed by atoms with Gasteiger partial charge in [-0.3, -0.25) is 4.99 Å². The molecule has 0 aromatic rings. The molecule has 1 unspecified atom stereocenters. The fourth-order valence-electron chi connectivity index (χ4n) is 2.25. The van der Waals surface area contributed by atoms with Crippen LogP contribution in [-0.2, 0) is 0 Å². The standard InChI is InChI=1S/C11H21ClN2/c1-10(2)7-11(3,13)6-4-5-9(12)14-8-10/h4-8,13H2,1-3H3/b14-9+. The van der Waals surface area contributed by atoms with Gasteiger partial charge in [0.15, 0.2) is 0 Å². The van der Waals surface area contributed by atoms with Crippen molar-refractivity contribution in [1.82, 2.24) is 0 Å². The van der Waals surface area contributed by atoms with Crippen LogP contribution in [0.3, 0.4) is 0 Å². The zero-order valence-corrected chi connectivity index (χ0v) is 10.2. The van der Waals surface area contributed by atoms with Crippen molar-refractivity contribution in [2.75, 3.05) is 6.54 Å². The Morgan fingerprint density at radius 2 is 2.00 bits per heavy atom. The summed E-state index contributed by atoms with van der Waals surface area (Å²) in [6, 6.07) is 0. The van der Waals surface area contributed by atoms with E-state index < -0.39 is 0 Å². The summed E-state index contributed by atoms with van der Waals surface area (Å²) in [5.41, 5.74) is 6.34. The number of rotatable bonds is 0. The summed E-state index contributed by atoms with van der Waals surface area (Å²) in [5, 5.41) is 0.760. The largest absolute Gasteiger partial charge is 0.325 e. The smallest absolute Gasteiger partial charge is 0.100 e. The van der Waals surface area contributed by atoms with Crippen LogP contribution in [0.25, 0.3) is 0 Å². The third kappa shape index (κ3) is 3.97. The van der Waals surface area contributed by atoms with Crippen LogP contribution in [-0.4, -0.2) is 17.3 Å². The average Bonchev–Trinajstić information content (AvgIpc) is 2.01. The molecular weight excluding hydrogens is 196 g/mol. The van der Waals surface area contributed by atoms with Gasteiger partial charge >= 0.3 is 0 Å². The molecule has 0 aromatic carbocycles. The van der Waals surface area contributed by atoms with Gasteiger partial charge in [-0.25, -0.2) is 0 Å². The molecule has 1 aliphatic heterocycles. The molecule has 0 aliphatic carbocycles. The lowest BCUT2D eigenvalue weighted by Crippen LogP contribution is -2.41. The number of aliphatic imine (C=N–C) groups is 1. The Labute approximate surface area is 91.9 Å². The highest BCUT2D eigenvalue weighted by Gasteiger charge is 2.29. The summed E-state index contributed by atoms with van der Waals surface area (Å²) >= 11 is 6.00. The van der Waals surface area contributed by atoms with Gasteiger partial charge in [0.1, 0.15) is 5.17 Å². The number of halogens is 1. The maximum absolute atomic E-state index is 6.24. The lowest BCUT2D eigenvalue weighted by molar-refractivity contribution is 0.245. The molecular formula is C11H21ClN2. The van der Waals surface area contributed by atoms with E-state index in [0.717, 1.165) is 37.4 Å². The van der Waals surface area contributed by atoms with Crippen molar-refractivity contribution in [2.24, 2.45) is 16.1 Å². The number of hydrogen-bond donors (Lipinski definition) is 1. The van der Waals surface area contributed by atoms with Crippen LogP contribution in [0.15, 0.2) is 4.99 Å². The highest BCUT2D eigenvalue weighted by molar-refractivity contribution is 6.65. The van der Waals surface area contributed by atoms with Crippen LogP contribution < -0.4 is 5.73 Å². The first kappa shape index (κ1) is 12.0. The van der Waals surface area contributed by atoms with Crippen molar-refractivity contribution in [3.8, 4) is 0 Å². The lowest BCUT2D eigenvalue weighted by atomic mass is 9.78. The zero-order valence-electron chi connectivity index (χ0n) is 9.44. The van der Waals surface area contributed by atoms with E-state index in [4.69, 9.17) is 17.3 Å². The van der Waals surface area contributed by atoms with Crippen molar-refractivity contribution in [2.45, 2.75) is 52.0 Å². The van der Waals surface area contributed by atoms with Crippen LogP contribution in [0.2, 0.25) is 0 Å². The monoisotopic (exact) mass is 216 g/mol. The molecule has 14 heavy (non-hydrogen) atoms. The summed E-state index contributed by atoms with van der Waals surface area (Å²) < 4.78 is 0. The quantitative estimate of drug-likeness (QED) is 0.665. The minimum atomic E-state index is -0.0689. The molecule has 1 aliphatic rings. The fraction of sp³-hybridized carbons (Fsp3) is 0.909. The van der Waals surface area contributed by atoms with Crippen molar-refractivity contribution in [1.29, 1.82) is 0 Å². The zero-order chi connectivity index (χ0) is 10.8. The average molecular weight is 217 g/mol. The lowest BCUT2D eigenvalue weighted by Gasteiger charge is -2.33. The molecule has 1 heterocycles. The van der Waals surface area contributed by atoms with Gasteiger partial charge in [-0.05, 0) is 31.6 Å². The summed E-state index contributed by atoms with van der Waals surface area (Å²) in [6.45, 7) is 7.33. The summed E-state index contributed by atoms with van der Waals surface area (Å²) in [6.07, 6.45) is 3.96. The number of hydrogen-bond acceptors (Lipinski definition) is 2. The molecule has 0 saturated heterocycles. The molecule has 82 valence electrons. The first-order chi connectivity index (χ1) is 6.31. The van der Waals surface area contributed by atoms with E-state index in [2.05, 4.69) is 25.8 Å². The maximum Gasteiger partial charge on any atom is 0.100 e. The van der Waals surface area contributed by atoms with E-state index in [1.807, 2.05) is 0 Å². The van der Waals surface area contributed by atoms with Crippen molar-refractivity contribution in [3.05, 3.63) is 0 Å². The van der Waals surface area contributed by atoms with Gasteiger partial charge in [0.25, 0.3) is 0 Å². The maximum atomic E-state index is 6.24. The molecule has 0 aromatic heterocycles. The Balaban J connectivity index is 2.75. The van der Waals surface area contributed by atoms with Gasteiger partial charge in [0, 0.05) is 18.5 Å². The first-order valence-electron chi connectivity index (χ1n) is 5.29. The topological polar surface area (TPSA) is 38.4 Å². The molecule has 2 nitrogen and oxygen atoms in total. The second-order valence-corrected chi connectivity index (χ2v) is 5.98. The Morgan fingerprint density at radius 1 is 1.36 bits per heavy atom. The van der Waals surface area contributed by atoms with E-state index in [1.54, 1.807) is 0 Å². The minimum absolute atomic E-state index is 0.0689. The molecule has 2 N–H and O–H groups in total.